The molecule has 0 saturated carbocycles. The van der Waals surface area contributed by atoms with Crippen molar-refractivity contribution in [2.75, 3.05) is 26.4 Å². The van der Waals surface area contributed by atoms with E-state index in [2.05, 4.69) is 4.90 Å². The number of hydrogen-bond acceptors (Lipinski definition) is 5. The molecule has 0 bridgehead atoms. The molecule has 2 aliphatic rings. The summed E-state index contributed by atoms with van der Waals surface area (Å²) in [5.41, 5.74) is 13.0. The number of ether oxygens (including phenoxy) is 2. The second-order valence-electron chi connectivity index (χ2n) is 5.24. The van der Waals surface area contributed by atoms with Crippen molar-refractivity contribution < 1.29 is 9.47 Å². The predicted molar refractivity (Wildman–Crippen MR) is 72.9 cm³/mol. The number of nitrogens with zero attached hydrogens (tertiary/aromatic N) is 1. The third-order valence-corrected chi connectivity index (χ3v) is 4.10. The molecule has 0 amide bonds. The van der Waals surface area contributed by atoms with Crippen molar-refractivity contribution in [1.29, 1.82) is 0 Å². The topological polar surface area (TPSA) is 73.7 Å². The van der Waals surface area contributed by atoms with Crippen LogP contribution in [-0.4, -0.2) is 31.3 Å². The number of hydrogen-bond donors (Lipinski definition) is 2. The van der Waals surface area contributed by atoms with Crippen LogP contribution in [0.4, 0.5) is 0 Å². The molecule has 3 rings (SSSR count). The Morgan fingerprint density at radius 1 is 1.11 bits per heavy atom. The highest BCUT2D eigenvalue weighted by Gasteiger charge is 2.35. The van der Waals surface area contributed by atoms with Crippen molar-refractivity contribution >= 4 is 0 Å². The molecular weight excluding hydrogens is 242 g/mol. The Morgan fingerprint density at radius 2 is 1.84 bits per heavy atom. The molecule has 1 unspecified atom stereocenters. The highest BCUT2D eigenvalue weighted by molar-refractivity contribution is 5.46. The molecule has 4 N–H and O–H groups in total. The number of fused-ring (bicyclic) bond motifs is 1. The second kappa shape index (κ2) is 5.00. The van der Waals surface area contributed by atoms with Crippen LogP contribution in [0.25, 0.3) is 0 Å². The zero-order chi connectivity index (χ0) is 13.3. The van der Waals surface area contributed by atoms with Crippen molar-refractivity contribution in [2.24, 2.45) is 11.5 Å². The molecule has 0 radical (unpaired) electrons. The molecule has 0 aromatic heterocycles. The molecule has 0 aliphatic carbocycles. The maximum absolute atomic E-state index is 6.59. The van der Waals surface area contributed by atoms with Gasteiger partial charge in [0, 0.05) is 19.6 Å². The number of benzene rings is 1. The molecule has 1 fully saturated rings. The number of piperidine rings is 1. The van der Waals surface area contributed by atoms with Crippen LogP contribution in [0, 0.1) is 0 Å². The summed E-state index contributed by atoms with van der Waals surface area (Å²) in [5.74, 6) is 1.54. The molecule has 1 atom stereocenters. The molecule has 1 saturated heterocycles. The quantitative estimate of drug-likeness (QED) is 0.850. The zero-order valence-electron chi connectivity index (χ0n) is 11.1. The van der Waals surface area contributed by atoms with Gasteiger partial charge in [-0.1, -0.05) is 12.5 Å². The van der Waals surface area contributed by atoms with Gasteiger partial charge in [-0.2, -0.15) is 0 Å². The first-order valence-corrected chi connectivity index (χ1v) is 6.88. The maximum atomic E-state index is 6.59. The standard InChI is InChI=1S/C14H21N3O2/c15-9-14(16,17-6-2-1-3-7-17)11-4-5-12-13(8-11)19-10-18-12/h4-5,8H,1-3,6-7,9-10,15-16H2. The van der Waals surface area contributed by atoms with Crippen molar-refractivity contribution in [1.82, 2.24) is 4.90 Å². The summed E-state index contributed by atoms with van der Waals surface area (Å²) < 4.78 is 10.8. The van der Waals surface area contributed by atoms with E-state index in [1.54, 1.807) is 0 Å². The van der Waals surface area contributed by atoms with Gasteiger partial charge in [0.15, 0.2) is 11.5 Å². The second-order valence-corrected chi connectivity index (χ2v) is 5.24. The van der Waals surface area contributed by atoms with Crippen molar-refractivity contribution in [3.63, 3.8) is 0 Å². The van der Waals surface area contributed by atoms with Gasteiger partial charge in [0.05, 0.1) is 0 Å². The first kappa shape index (κ1) is 12.7. The summed E-state index contributed by atoms with van der Waals surface area (Å²) in [6.45, 7) is 2.68. The Bertz CT molecular complexity index is 460. The lowest BCUT2D eigenvalue weighted by molar-refractivity contribution is 0.0749. The lowest BCUT2D eigenvalue weighted by Gasteiger charge is -2.42. The first-order valence-electron chi connectivity index (χ1n) is 6.88. The smallest absolute Gasteiger partial charge is 0.231 e. The molecule has 5 heteroatoms. The van der Waals surface area contributed by atoms with Crippen LogP contribution in [0.5, 0.6) is 11.5 Å². The van der Waals surface area contributed by atoms with E-state index in [-0.39, 0.29) is 6.79 Å². The summed E-state index contributed by atoms with van der Waals surface area (Å²) in [6, 6.07) is 5.87. The van der Waals surface area contributed by atoms with Gasteiger partial charge in [-0.3, -0.25) is 4.90 Å². The Labute approximate surface area is 113 Å². The van der Waals surface area contributed by atoms with E-state index in [0.29, 0.717) is 6.54 Å². The number of nitrogens with two attached hydrogens (primary N) is 2. The molecule has 1 aromatic rings. The largest absolute Gasteiger partial charge is 0.454 e. The normalized spacial score (nSPS) is 22.2. The Balaban J connectivity index is 1.92. The third kappa shape index (κ3) is 2.18. The summed E-state index contributed by atoms with van der Waals surface area (Å²) in [7, 11) is 0. The summed E-state index contributed by atoms with van der Waals surface area (Å²) in [6.07, 6.45) is 3.64. The van der Waals surface area contributed by atoms with Crippen LogP contribution in [-0.2, 0) is 5.66 Å². The molecule has 19 heavy (non-hydrogen) atoms. The molecule has 1 aromatic carbocycles. The molecule has 2 aliphatic heterocycles. The first-order chi connectivity index (χ1) is 9.24. The predicted octanol–water partition coefficient (Wildman–Crippen LogP) is 0.971. The van der Waals surface area contributed by atoms with Gasteiger partial charge in [-0.05, 0) is 30.5 Å². The van der Waals surface area contributed by atoms with Gasteiger partial charge in [0.1, 0.15) is 5.66 Å². The minimum absolute atomic E-state index is 0.280. The Hall–Kier alpha value is -1.30. The van der Waals surface area contributed by atoms with Gasteiger partial charge in [-0.25, -0.2) is 0 Å². The van der Waals surface area contributed by atoms with Crippen LogP contribution in [0.3, 0.4) is 0 Å². The average Bonchev–Trinajstić information content (AvgIpc) is 2.94. The van der Waals surface area contributed by atoms with Gasteiger partial charge in [0.2, 0.25) is 6.79 Å². The fourth-order valence-electron chi connectivity index (χ4n) is 2.89. The molecule has 104 valence electrons. The van der Waals surface area contributed by atoms with Crippen LogP contribution in [0.15, 0.2) is 18.2 Å². The van der Waals surface area contributed by atoms with Crippen LogP contribution < -0.4 is 20.9 Å². The van der Waals surface area contributed by atoms with E-state index in [4.69, 9.17) is 20.9 Å². The van der Waals surface area contributed by atoms with Gasteiger partial charge in [0.25, 0.3) is 0 Å². The summed E-state index contributed by atoms with van der Waals surface area (Å²) in [4.78, 5) is 2.29. The number of likely N-dealkylation sites (tertiary alicyclic amines) is 1. The van der Waals surface area contributed by atoms with Crippen LogP contribution in [0.2, 0.25) is 0 Å². The minimum atomic E-state index is -0.610. The zero-order valence-corrected chi connectivity index (χ0v) is 11.1. The van der Waals surface area contributed by atoms with Crippen molar-refractivity contribution in [3.05, 3.63) is 23.8 Å². The highest BCUT2D eigenvalue weighted by Crippen LogP contribution is 2.36. The van der Waals surface area contributed by atoms with E-state index in [0.717, 1.165) is 30.2 Å². The molecular formula is C14H21N3O2. The summed E-state index contributed by atoms with van der Waals surface area (Å²) in [5, 5.41) is 0. The number of rotatable bonds is 3. The van der Waals surface area contributed by atoms with Gasteiger partial charge < -0.3 is 20.9 Å². The van der Waals surface area contributed by atoms with E-state index in [1.165, 1.54) is 19.3 Å². The van der Waals surface area contributed by atoms with E-state index in [1.807, 2.05) is 18.2 Å². The summed E-state index contributed by atoms with van der Waals surface area (Å²) >= 11 is 0. The lowest BCUT2D eigenvalue weighted by atomic mass is 9.95. The van der Waals surface area contributed by atoms with Crippen molar-refractivity contribution in [3.8, 4) is 11.5 Å². The van der Waals surface area contributed by atoms with Crippen molar-refractivity contribution in [2.45, 2.75) is 24.9 Å². The SMILES string of the molecule is NCC(N)(c1ccc2c(c1)OCO2)N1CCCCC1. The minimum Gasteiger partial charge on any atom is -0.454 e. The molecule has 2 heterocycles. The van der Waals surface area contributed by atoms with E-state index >= 15 is 0 Å². The highest BCUT2D eigenvalue weighted by atomic mass is 16.7. The van der Waals surface area contributed by atoms with Gasteiger partial charge in [-0.15, -0.1) is 0 Å². The Morgan fingerprint density at radius 3 is 2.58 bits per heavy atom. The molecule has 5 nitrogen and oxygen atoms in total. The van der Waals surface area contributed by atoms with E-state index < -0.39 is 5.66 Å². The van der Waals surface area contributed by atoms with Crippen LogP contribution in [0.1, 0.15) is 24.8 Å². The lowest BCUT2D eigenvalue weighted by Crippen LogP contribution is -2.59. The maximum Gasteiger partial charge on any atom is 0.231 e. The Kier molecular flexibility index (Phi) is 3.35. The fraction of sp³-hybridized carbons (Fsp3) is 0.571. The monoisotopic (exact) mass is 263 g/mol. The van der Waals surface area contributed by atoms with Crippen LogP contribution >= 0.6 is 0 Å². The average molecular weight is 263 g/mol. The van der Waals surface area contributed by atoms with Gasteiger partial charge >= 0.3 is 0 Å². The van der Waals surface area contributed by atoms with E-state index in [9.17, 15) is 0 Å². The third-order valence-electron chi connectivity index (χ3n) is 4.10. The molecule has 0 spiro atoms. The fourth-order valence-corrected chi connectivity index (χ4v) is 2.89.